The van der Waals surface area contributed by atoms with E-state index in [0.29, 0.717) is 51.9 Å². The summed E-state index contributed by atoms with van der Waals surface area (Å²) in [6.45, 7) is 0.984. The fourth-order valence-electron chi connectivity index (χ4n) is 6.02. The first-order valence-corrected chi connectivity index (χ1v) is 14.0. The molecule has 2 heterocycles. The number of rotatable bonds is 10. The van der Waals surface area contributed by atoms with Gasteiger partial charge in [0.1, 0.15) is 28.5 Å². The largest absolute Gasteiger partial charge is 0.496 e. The number of carbonyl (C=O) groups is 1. The third-order valence-corrected chi connectivity index (χ3v) is 9.23. The molecule has 0 amide bonds. The smallest absolute Gasteiger partial charge is 0.339 e. The van der Waals surface area contributed by atoms with Crippen LogP contribution in [0.4, 0.5) is 0 Å². The van der Waals surface area contributed by atoms with E-state index >= 15 is 0 Å². The average Bonchev–Trinajstić information content (AvgIpc) is 3.71. The molecule has 3 aromatic rings. The van der Waals surface area contributed by atoms with Crippen LogP contribution in [0.2, 0.25) is 10.0 Å². The van der Waals surface area contributed by atoms with E-state index in [1.54, 1.807) is 24.5 Å². The number of methoxy groups -OCH3 is 1. The number of aromatic carboxylic acids is 1. The van der Waals surface area contributed by atoms with E-state index < -0.39 is 5.97 Å². The lowest BCUT2D eigenvalue weighted by atomic mass is 9.59. The molecule has 0 saturated heterocycles. The zero-order chi connectivity index (χ0) is 27.2. The van der Waals surface area contributed by atoms with Crippen molar-refractivity contribution in [2.24, 2.45) is 5.41 Å². The Morgan fingerprint density at radius 3 is 2.41 bits per heavy atom. The molecule has 4 saturated carbocycles. The summed E-state index contributed by atoms with van der Waals surface area (Å²) in [6, 6.07) is 4.86. The van der Waals surface area contributed by atoms with Gasteiger partial charge in [0.05, 0.1) is 36.0 Å². The Bertz CT molecular complexity index is 1360. The molecular weight excluding hydrogens is 543 g/mol. The maximum Gasteiger partial charge on any atom is 0.339 e. The van der Waals surface area contributed by atoms with Crippen LogP contribution in [0.1, 0.15) is 79.0 Å². The topological polar surface area (TPSA) is 104 Å². The van der Waals surface area contributed by atoms with Crippen LogP contribution in [0.5, 0.6) is 11.5 Å². The Kier molecular flexibility index (Phi) is 6.98. The SMILES string of the molecule is COc1cc(OCC23CCC(OCc4c(-c5c(Cl)cncc5Cl)noc4C4CC4)(CC2)CC3)ccc1C(=O)O. The summed E-state index contributed by atoms with van der Waals surface area (Å²) in [5, 5.41) is 14.6. The zero-order valence-electron chi connectivity index (χ0n) is 21.7. The van der Waals surface area contributed by atoms with E-state index in [0.717, 1.165) is 62.7 Å². The number of hydrogen-bond acceptors (Lipinski definition) is 7. The van der Waals surface area contributed by atoms with Gasteiger partial charge in [-0.05, 0) is 63.5 Å². The highest BCUT2D eigenvalue weighted by Gasteiger charge is 2.50. The number of carboxylic acids is 1. The van der Waals surface area contributed by atoms with Gasteiger partial charge in [-0.15, -0.1) is 0 Å². The number of benzene rings is 1. The van der Waals surface area contributed by atoms with Gasteiger partial charge in [0.2, 0.25) is 0 Å². The van der Waals surface area contributed by atoms with Gasteiger partial charge >= 0.3 is 5.97 Å². The zero-order valence-corrected chi connectivity index (χ0v) is 23.2. The van der Waals surface area contributed by atoms with Crippen LogP contribution in [0.15, 0.2) is 35.1 Å². The summed E-state index contributed by atoms with van der Waals surface area (Å²) in [5.74, 6) is 1.13. The minimum absolute atomic E-state index is 0.0867. The van der Waals surface area contributed by atoms with Crippen LogP contribution in [-0.4, -0.2) is 40.5 Å². The Hall–Kier alpha value is -2.81. The van der Waals surface area contributed by atoms with Gasteiger partial charge in [-0.1, -0.05) is 28.4 Å². The molecule has 39 heavy (non-hydrogen) atoms. The summed E-state index contributed by atoms with van der Waals surface area (Å²) >= 11 is 12.9. The molecule has 7 rings (SSSR count). The Morgan fingerprint density at radius 2 is 1.79 bits per heavy atom. The fourth-order valence-corrected chi connectivity index (χ4v) is 6.57. The van der Waals surface area contributed by atoms with Gasteiger partial charge in [-0.25, -0.2) is 4.79 Å². The highest BCUT2D eigenvalue weighted by Crippen LogP contribution is 2.55. The van der Waals surface area contributed by atoms with E-state index in [9.17, 15) is 9.90 Å². The molecule has 1 aromatic carbocycles. The molecule has 2 bridgehead atoms. The van der Waals surface area contributed by atoms with Crippen LogP contribution in [0, 0.1) is 5.41 Å². The number of pyridine rings is 1. The summed E-state index contributed by atoms with van der Waals surface area (Å²) in [4.78, 5) is 15.4. The van der Waals surface area contributed by atoms with Crippen molar-refractivity contribution in [3.8, 4) is 22.8 Å². The van der Waals surface area contributed by atoms with Gasteiger partial charge in [-0.3, -0.25) is 4.98 Å². The third kappa shape index (κ3) is 5.10. The number of hydrogen-bond donors (Lipinski definition) is 1. The number of aromatic nitrogens is 2. The van der Waals surface area contributed by atoms with Gasteiger partial charge in [0.15, 0.2) is 0 Å². The molecule has 0 radical (unpaired) electrons. The molecule has 4 aliphatic rings. The maximum atomic E-state index is 11.4. The normalized spacial score (nSPS) is 24.1. The van der Waals surface area contributed by atoms with Crippen molar-refractivity contribution in [2.45, 2.75) is 69.5 Å². The van der Waals surface area contributed by atoms with Crippen molar-refractivity contribution < 1.29 is 28.6 Å². The third-order valence-electron chi connectivity index (χ3n) is 8.66. The van der Waals surface area contributed by atoms with Gasteiger partial charge in [-0.2, -0.15) is 0 Å². The van der Waals surface area contributed by atoms with Crippen molar-refractivity contribution in [2.75, 3.05) is 13.7 Å². The molecule has 1 N–H and O–H groups in total. The lowest BCUT2D eigenvalue weighted by Crippen LogP contribution is -2.49. The summed E-state index contributed by atoms with van der Waals surface area (Å²) in [5.41, 5.74) is 2.24. The predicted molar refractivity (Wildman–Crippen MR) is 145 cm³/mol. The molecule has 4 aliphatic carbocycles. The second-order valence-electron chi connectivity index (χ2n) is 11.1. The van der Waals surface area contributed by atoms with E-state index in [1.165, 1.54) is 13.2 Å². The summed E-state index contributed by atoms with van der Waals surface area (Å²) in [6.07, 6.45) is 11.2. The van der Waals surface area contributed by atoms with Crippen molar-refractivity contribution >= 4 is 29.2 Å². The number of halogens is 2. The molecule has 0 unspecified atom stereocenters. The van der Waals surface area contributed by atoms with E-state index in [4.69, 9.17) is 41.9 Å². The monoisotopic (exact) mass is 572 g/mol. The standard InChI is InChI=1S/C29H30Cl2N2O6/c1-36-23-12-18(4-5-19(23)27(34)35)37-16-28-6-9-29(10-7-28,11-8-28)38-15-20-25(33-39-26(20)17-2-3-17)24-21(30)13-32-14-22(24)31/h4-5,12-14,17H,2-3,6-11,15-16H2,1H3,(H,34,35). The van der Waals surface area contributed by atoms with Gasteiger partial charge in [0.25, 0.3) is 0 Å². The highest BCUT2D eigenvalue weighted by molar-refractivity contribution is 6.38. The van der Waals surface area contributed by atoms with Crippen molar-refractivity contribution in [1.82, 2.24) is 10.1 Å². The highest BCUT2D eigenvalue weighted by atomic mass is 35.5. The second kappa shape index (κ2) is 10.3. The van der Waals surface area contributed by atoms with E-state index in [1.807, 2.05) is 0 Å². The summed E-state index contributed by atoms with van der Waals surface area (Å²) < 4.78 is 23.9. The number of ether oxygens (including phenoxy) is 3. The molecule has 0 atom stereocenters. The quantitative estimate of drug-likeness (QED) is 0.269. The summed E-state index contributed by atoms with van der Waals surface area (Å²) in [7, 11) is 1.46. The number of fused-ring (bicyclic) bond motifs is 3. The molecule has 0 spiro atoms. The van der Waals surface area contributed by atoms with Crippen LogP contribution < -0.4 is 9.47 Å². The minimum atomic E-state index is -1.03. The molecular formula is C29H30Cl2N2O6. The first-order chi connectivity index (χ1) is 18.8. The van der Waals surface area contributed by atoms with Gasteiger partial charge < -0.3 is 23.8 Å². The number of carboxylic acid groups (broad SMARTS) is 1. The maximum absolute atomic E-state index is 11.4. The lowest BCUT2D eigenvalue weighted by molar-refractivity contribution is -0.150. The van der Waals surface area contributed by atoms with Crippen LogP contribution in [0.3, 0.4) is 0 Å². The van der Waals surface area contributed by atoms with Gasteiger partial charge in [0, 0.05) is 40.9 Å². The Balaban J connectivity index is 1.13. The molecule has 4 fully saturated rings. The fraction of sp³-hybridized carbons (Fsp3) is 0.483. The molecule has 0 aliphatic heterocycles. The Labute approximate surface area is 236 Å². The minimum Gasteiger partial charge on any atom is -0.496 e. The Morgan fingerprint density at radius 1 is 1.10 bits per heavy atom. The van der Waals surface area contributed by atoms with E-state index in [-0.39, 0.29) is 16.6 Å². The first kappa shape index (κ1) is 26.4. The lowest BCUT2D eigenvalue weighted by Gasteiger charge is -2.52. The second-order valence-corrected chi connectivity index (χ2v) is 11.9. The van der Waals surface area contributed by atoms with Crippen molar-refractivity contribution in [3.05, 3.63) is 57.5 Å². The van der Waals surface area contributed by atoms with E-state index in [2.05, 4.69) is 10.1 Å². The van der Waals surface area contributed by atoms with Crippen molar-refractivity contribution in [3.63, 3.8) is 0 Å². The van der Waals surface area contributed by atoms with Crippen LogP contribution >= 0.6 is 23.2 Å². The van der Waals surface area contributed by atoms with Crippen LogP contribution in [0.25, 0.3) is 11.3 Å². The molecule has 8 nitrogen and oxygen atoms in total. The molecule has 2 aromatic heterocycles. The molecule has 206 valence electrons. The van der Waals surface area contributed by atoms with Crippen LogP contribution in [-0.2, 0) is 11.3 Å². The predicted octanol–water partition coefficient (Wildman–Crippen LogP) is 7.32. The number of nitrogens with zero attached hydrogens (tertiary/aromatic N) is 2. The molecule has 10 heteroatoms. The van der Waals surface area contributed by atoms with Crippen molar-refractivity contribution in [1.29, 1.82) is 0 Å². The first-order valence-electron chi connectivity index (χ1n) is 13.3. The average molecular weight is 573 g/mol.